The molecule has 1 N–H and O–H groups in total. The Balaban J connectivity index is 2.07. The van der Waals surface area contributed by atoms with Crippen LogP contribution >= 0.6 is 0 Å². The number of piperazine rings is 1. The van der Waals surface area contributed by atoms with Crippen LogP contribution in [-0.4, -0.2) is 44.2 Å². The quantitative estimate of drug-likeness (QED) is 0.821. The highest BCUT2D eigenvalue weighted by Gasteiger charge is 2.51. The highest BCUT2D eigenvalue weighted by Crippen LogP contribution is 2.43. The molecule has 1 aliphatic heterocycles. The van der Waals surface area contributed by atoms with Crippen LogP contribution < -0.4 is 5.32 Å². The third-order valence-corrected chi connectivity index (χ3v) is 4.45. The van der Waals surface area contributed by atoms with E-state index < -0.39 is 5.54 Å². The molecule has 1 atom stereocenters. The van der Waals surface area contributed by atoms with Crippen molar-refractivity contribution in [2.75, 3.05) is 33.3 Å². The molecule has 0 saturated carbocycles. The standard InChI is InChI=1S/C15H19FN2O2/c1-20-14(19)15(18-8-6-17-7-9-18)5-4-11-10-12(16)2-3-13(11)15/h2-3,10,17H,4-9H2,1H3. The second-order valence-corrected chi connectivity index (χ2v) is 5.39. The Morgan fingerprint density at radius 3 is 2.85 bits per heavy atom. The molecule has 3 rings (SSSR count). The van der Waals surface area contributed by atoms with Crippen molar-refractivity contribution in [1.29, 1.82) is 0 Å². The normalized spacial score (nSPS) is 26.3. The van der Waals surface area contributed by atoms with Gasteiger partial charge < -0.3 is 10.1 Å². The van der Waals surface area contributed by atoms with Gasteiger partial charge in [-0.3, -0.25) is 4.90 Å². The summed E-state index contributed by atoms with van der Waals surface area (Å²) < 4.78 is 18.5. The Labute approximate surface area is 117 Å². The van der Waals surface area contributed by atoms with Gasteiger partial charge in [-0.05, 0) is 36.1 Å². The molecule has 0 amide bonds. The van der Waals surface area contributed by atoms with Gasteiger partial charge in [-0.15, -0.1) is 0 Å². The zero-order chi connectivity index (χ0) is 14.2. The summed E-state index contributed by atoms with van der Waals surface area (Å²) >= 11 is 0. The third-order valence-electron chi connectivity index (χ3n) is 4.45. The number of aryl methyl sites for hydroxylation is 1. The van der Waals surface area contributed by atoms with Crippen LogP contribution in [0.2, 0.25) is 0 Å². The maximum absolute atomic E-state index is 13.4. The molecule has 0 radical (unpaired) electrons. The Morgan fingerprint density at radius 1 is 1.40 bits per heavy atom. The van der Waals surface area contributed by atoms with Crippen LogP contribution in [0.5, 0.6) is 0 Å². The fourth-order valence-electron chi connectivity index (χ4n) is 3.51. The number of halogens is 1. The highest BCUT2D eigenvalue weighted by atomic mass is 19.1. The van der Waals surface area contributed by atoms with Crippen molar-refractivity contribution < 1.29 is 13.9 Å². The number of methoxy groups -OCH3 is 1. The van der Waals surface area contributed by atoms with E-state index in [9.17, 15) is 9.18 Å². The van der Waals surface area contributed by atoms with Gasteiger partial charge in [-0.25, -0.2) is 9.18 Å². The Bertz CT molecular complexity index is 529. The number of esters is 1. The molecule has 1 heterocycles. The minimum Gasteiger partial charge on any atom is -0.467 e. The predicted molar refractivity (Wildman–Crippen MR) is 72.9 cm³/mol. The number of carbonyl (C=O) groups is 1. The molecule has 1 aromatic rings. The number of ether oxygens (including phenoxy) is 1. The van der Waals surface area contributed by atoms with Crippen molar-refractivity contribution in [2.45, 2.75) is 18.4 Å². The monoisotopic (exact) mass is 278 g/mol. The molecule has 20 heavy (non-hydrogen) atoms. The van der Waals surface area contributed by atoms with Crippen molar-refractivity contribution in [3.8, 4) is 0 Å². The minimum atomic E-state index is -0.736. The van der Waals surface area contributed by atoms with Crippen LogP contribution in [0.1, 0.15) is 17.5 Å². The van der Waals surface area contributed by atoms with Gasteiger partial charge in [0.1, 0.15) is 11.4 Å². The summed E-state index contributed by atoms with van der Waals surface area (Å²) in [5, 5.41) is 3.29. The van der Waals surface area contributed by atoms with E-state index in [0.29, 0.717) is 12.8 Å². The molecule has 1 saturated heterocycles. The summed E-state index contributed by atoms with van der Waals surface area (Å²) in [6.45, 7) is 3.31. The molecule has 5 heteroatoms. The molecule has 4 nitrogen and oxygen atoms in total. The SMILES string of the molecule is COC(=O)C1(N2CCNCC2)CCc2cc(F)ccc21. The maximum atomic E-state index is 13.4. The smallest absolute Gasteiger partial charge is 0.330 e. The summed E-state index contributed by atoms with van der Waals surface area (Å²) in [6.07, 6.45) is 1.38. The maximum Gasteiger partial charge on any atom is 0.330 e. The number of nitrogens with zero attached hydrogens (tertiary/aromatic N) is 1. The zero-order valence-corrected chi connectivity index (χ0v) is 11.6. The highest BCUT2D eigenvalue weighted by molar-refractivity contribution is 5.84. The second kappa shape index (κ2) is 5.14. The molecular formula is C15H19FN2O2. The van der Waals surface area contributed by atoms with Gasteiger partial charge in [-0.1, -0.05) is 6.07 Å². The largest absolute Gasteiger partial charge is 0.467 e. The van der Waals surface area contributed by atoms with Crippen molar-refractivity contribution in [3.63, 3.8) is 0 Å². The van der Waals surface area contributed by atoms with Gasteiger partial charge in [0.25, 0.3) is 0 Å². The van der Waals surface area contributed by atoms with E-state index in [0.717, 1.165) is 37.3 Å². The Morgan fingerprint density at radius 2 is 2.15 bits per heavy atom. The average molecular weight is 278 g/mol. The van der Waals surface area contributed by atoms with Gasteiger partial charge in [0.2, 0.25) is 0 Å². The van der Waals surface area contributed by atoms with Gasteiger partial charge in [0, 0.05) is 26.2 Å². The lowest BCUT2D eigenvalue weighted by molar-refractivity contribution is -0.157. The van der Waals surface area contributed by atoms with E-state index in [-0.39, 0.29) is 11.8 Å². The van der Waals surface area contributed by atoms with Crippen LogP contribution in [0.15, 0.2) is 18.2 Å². The van der Waals surface area contributed by atoms with Gasteiger partial charge in [0.15, 0.2) is 0 Å². The molecule has 1 unspecified atom stereocenters. The zero-order valence-electron chi connectivity index (χ0n) is 11.6. The lowest BCUT2D eigenvalue weighted by Crippen LogP contribution is -2.57. The van der Waals surface area contributed by atoms with Gasteiger partial charge in [0.05, 0.1) is 7.11 Å². The molecule has 0 spiro atoms. The minimum absolute atomic E-state index is 0.232. The van der Waals surface area contributed by atoms with Gasteiger partial charge in [-0.2, -0.15) is 0 Å². The number of nitrogens with one attached hydrogen (secondary N) is 1. The average Bonchev–Trinajstić information content (AvgIpc) is 2.87. The van der Waals surface area contributed by atoms with Crippen LogP contribution in [0.25, 0.3) is 0 Å². The number of benzene rings is 1. The van der Waals surface area contributed by atoms with Gasteiger partial charge >= 0.3 is 5.97 Å². The summed E-state index contributed by atoms with van der Waals surface area (Å²) in [5.74, 6) is -0.477. The molecule has 2 aliphatic rings. The first-order valence-electron chi connectivity index (χ1n) is 7.01. The summed E-state index contributed by atoms with van der Waals surface area (Å²) in [5.41, 5.74) is 1.10. The molecule has 0 aromatic heterocycles. The lowest BCUT2D eigenvalue weighted by atomic mass is 9.89. The van der Waals surface area contributed by atoms with Crippen LogP contribution in [-0.2, 0) is 21.5 Å². The van der Waals surface area contributed by atoms with E-state index in [1.54, 1.807) is 12.1 Å². The first kappa shape index (κ1) is 13.5. The number of carbonyl (C=O) groups excluding carboxylic acids is 1. The molecule has 1 fully saturated rings. The molecule has 1 aliphatic carbocycles. The van der Waals surface area contributed by atoms with Crippen molar-refractivity contribution in [3.05, 3.63) is 35.1 Å². The van der Waals surface area contributed by atoms with Crippen LogP contribution in [0.3, 0.4) is 0 Å². The number of hydrogen-bond acceptors (Lipinski definition) is 4. The van der Waals surface area contributed by atoms with Crippen LogP contribution in [0.4, 0.5) is 4.39 Å². The topological polar surface area (TPSA) is 41.6 Å². The predicted octanol–water partition coefficient (Wildman–Crippen LogP) is 1.05. The van der Waals surface area contributed by atoms with E-state index in [2.05, 4.69) is 10.2 Å². The van der Waals surface area contributed by atoms with E-state index in [4.69, 9.17) is 4.74 Å². The Kier molecular flexibility index (Phi) is 3.48. The van der Waals surface area contributed by atoms with Crippen LogP contribution in [0, 0.1) is 5.82 Å². The third kappa shape index (κ3) is 1.93. The molecule has 0 bridgehead atoms. The summed E-state index contributed by atoms with van der Waals surface area (Å²) in [6, 6.07) is 4.73. The first-order chi connectivity index (χ1) is 9.68. The van der Waals surface area contributed by atoms with Crippen molar-refractivity contribution in [1.82, 2.24) is 10.2 Å². The Hall–Kier alpha value is -1.46. The fourth-order valence-corrected chi connectivity index (χ4v) is 3.51. The van der Waals surface area contributed by atoms with E-state index >= 15 is 0 Å². The lowest BCUT2D eigenvalue weighted by Gasteiger charge is -2.41. The van der Waals surface area contributed by atoms with E-state index in [1.807, 2.05) is 0 Å². The van der Waals surface area contributed by atoms with E-state index in [1.165, 1.54) is 13.2 Å². The first-order valence-corrected chi connectivity index (χ1v) is 7.01. The molecular weight excluding hydrogens is 259 g/mol. The molecule has 108 valence electrons. The number of hydrogen-bond donors (Lipinski definition) is 1. The fraction of sp³-hybridized carbons (Fsp3) is 0.533. The van der Waals surface area contributed by atoms with Crippen molar-refractivity contribution >= 4 is 5.97 Å². The summed E-state index contributed by atoms with van der Waals surface area (Å²) in [7, 11) is 1.42. The van der Waals surface area contributed by atoms with Crippen molar-refractivity contribution in [2.24, 2.45) is 0 Å². The summed E-state index contributed by atoms with van der Waals surface area (Å²) in [4.78, 5) is 14.7. The number of rotatable bonds is 2. The second-order valence-electron chi connectivity index (χ2n) is 5.39. The molecule has 1 aromatic carbocycles. The number of fused-ring (bicyclic) bond motifs is 1.